The van der Waals surface area contributed by atoms with Gasteiger partial charge >= 0.3 is 5.97 Å². The minimum atomic E-state index is -0.853. The van der Waals surface area contributed by atoms with Crippen LogP contribution in [-0.4, -0.2) is 53.0 Å². The first kappa shape index (κ1) is 15.4. The maximum Gasteiger partial charge on any atom is 0.317 e. The van der Waals surface area contributed by atoms with Crippen molar-refractivity contribution in [3.63, 3.8) is 0 Å². The van der Waals surface area contributed by atoms with E-state index in [1.807, 2.05) is 23.1 Å². The molecule has 0 aromatic carbocycles. The number of aliphatic carboxylic acids is 1. The third-order valence-corrected chi connectivity index (χ3v) is 3.64. The summed E-state index contributed by atoms with van der Waals surface area (Å²) in [6, 6.07) is 5.57. The molecule has 0 spiro atoms. The average molecular weight is 291 g/mol. The van der Waals surface area contributed by atoms with Crippen molar-refractivity contribution in [2.45, 2.75) is 19.3 Å². The van der Waals surface area contributed by atoms with E-state index >= 15 is 0 Å². The van der Waals surface area contributed by atoms with Gasteiger partial charge in [-0.2, -0.15) is 0 Å². The molecule has 0 saturated carbocycles. The molecule has 0 aliphatic carbocycles. The molecule has 2 N–H and O–H groups in total. The van der Waals surface area contributed by atoms with Crippen LogP contribution in [-0.2, 0) is 16.0 Å². The molecule has 1 aliphatic rings. The van der Waals surface area contributed by atoms with Gasteiger partial charge < -0.3 is 15.3 Å². The SMILES string of the molecule is O=C(O)CNCC1CCCN(C(=O)Cc2ccccn2)C1. The summed E-state index contributed by atoms with van der Waals surface area (Å²) in [6.07, 6.45) is 4.01. The summed E-state index contributed by atoms with van der Waals surface area (Å²) in [6.45, 7) is 2.08. The van der Waals surface area contributed by atoms with Crippen molar-refractivity contribution in [1.82, 2.24) is 15.2 Å². The zero-order valence-corrected chi connectivity index (χ0v) is 12.0. The zero-order valence-electron chi connectivity index (χ0n) is 12.0. The van der Waals surface area contributed by atoms with Gasteiger partial charge in [-0.05, 0) is 30.9 Å². The Kier molecular flexibility index (Phi) is 5.68. The van der Waals surface area contributed by atoms with Gasteiger partial charge in [0.15, 0.2) is 0 Å². The molecular formula is C15H21N3O3. The van der Waals surface area contributed by atoms with Crippen LogP contribution < -0.4 is 5.32 Å². The van der Waals surface area contributed by atoms with Gasteiger partial charge in [-0.1, -0.05) is 6.07 Å². The molecule has 1 aromatic rings. The highest BCUT2D eigenvalue weighted by Crippen LogP contribution is 2.16. The third kappa shape index (κ3) is 5.15. The highest BCUT2D eigenvalue weighted by atomic mass is 16.4. The van der Waals surface area contributed by atoms with Crippen molar-refractivity contribution >= 4 is 11.9 Å². The normalized spacial score (nSPS) is 18.5. The number of rotatable bonds is 6. The number of likely N-dealkylation sites (tertiary alicyclic amines) is 1. The highest BCUT2D eigenvalue weighted by molar-refractivity contribution is 5.78. The van der Waals surface area contributed by atoms with Gasteiger partial charge in [-0.25, -0.2) is 0 Å². The number of carbonyl (C=O) groups excluding carboxylic acids is 1. The Morgan fingerprint density at radius 2 is 2.29 bits per heavy atom. The fourth-order valence-corrected chi connectivity index (χ4v) is 2.61. The number of pyridine rings is 1. The molecule has 1 aromatic heterocycles. The lowest BCUT2D eigenvalue weighted by Crippen LogP contribution is -2.44. The van der Waals surface area contributed by atoms with Gasteiger partial charge in [0.2, 0.25) is 5.91 Å². The fraction of sp³-hybridized carbons (Fsp3) is 0.533. The first-order valence-electron chi connectivity index (χ1n) is 7.25. The van der Waals surface area contributed by atoms with Crippen LogP contribution in [0.15, 0.2) is 24.4 Å². The molecule has 1 aliphatic heterocycles. The van der Waals surface area contributed by atoms with Crippen molar-refractivity contribution in [1.29, 1.82) is 0 Å². The van der Waals surface area contributed by atoms with Gasteiger partial charge in [-0.15, -0.1) is 0 Å². The van der Waals surface area contributed by atoms with Crippen molar-refractivity contribution in [3.8, 4) is 0 Å². The number of carboxylic acid groups (broad SMARTS) is 1. The monoisotopic (exact) mass is 291 g/mol. The summed E-state index contributed by atoms with van der Waals surface area (Å²) >= 11 is 0. The first-order chi connectivity index (χ1) is 10.1. The topological polar surface area (TPSA) is 82.5 Å². The van der Waals surface area contributed by atoms with Crippen LogP contribution in [0.3, 0.4) is 0 Å². The number of hydrogen-bond donors (Lipinski definition) is 2. The smallest absolute Gasteiger partial charge is 0.317 e. The van der Waals surface area contributed by atoms with Crippen molar-refractivity contribution in [2.24, 2.45) is 5.92 Å². The van der Waals surface area contributed by atoms with E-state index in [2.05, 4.69) is 10.3 Å². The largest absolute Gasteiger partial charge is 0.480 e. The van der Waals surface area contributed by atoms with E-state index in [0.29, 0.717) is 25.4 Å². The van der Waals surface area contributed by atoms with E-state index < -0.39 is 5.97 Å². The van der Waals surface area contributed by atoms with Crippen LogP contribution in [0.5, 0.6) is 0 Å². The molecule has 1 fully saturated rings. The highest BCUT2D eigenvalue weighted by Gasteiger charge is 2.23. The lowest BCUT2D eigenvalue weighted by molar-refractivity contribution is -0.136. The molecule has 0 radical (unpaired) electrons. The summed E-state index contributed by atoms with van der Waals surface area (Å²) in [5.74, 6) is -0.434. The Morgan fingerprint density at radius 1 is 1.43 bits per heavy atom. The van der Waals surface area contributed by atoms with Crippen LogP contribution in [0.2, 0.25) is 0 Å². The second kappa shape index (κ2) is 7.73. The van der Waals surface area contributed by atoms with E-state index in [1.54, 1.807) is 6.20 Å². The first-order valence-corrected chi connectivity index (χ1v) is 7.25. The Hall–Kier alpha value is -1.95. The van der Waals surface area contributed by atoms with Gasteiger partial charge in [0.25, 0.3) is 0 Å². The fourth-order valence-electron chi connectivity index (χ4n) is 2.61. The molecule has 2 rings (SSSR count). The molecular weight excluding hydrogens is 270 g/mol. The lowest BCUT2D eigenvalue weighted by Gasteiger charge is -2.33. The molecule has 1 saturated heterocycles. The molecule has 1 unspecified atom stereocenters. The van der Waals surface area contributed by atoms with Crippen molar-refractivity contribution < 1.29 is 14.7 Å². The second-order valence-corrected chi connectivity index (χ2v) is 5.37. The maximum absolute atomic E-state index is 12.3. The number of nitrogens with one attached hydrogen (secondary N) is 1. The van der Waals surface area contributed by atoms with Gasteiger partial charge in [0.05, 0.1) is 13.0 Å². The van der Waals surface area contributed by atoms with Crippen molar-refractivity contribution in [2.75, 3.05) is 26.2 Å². The number of nitrogens with zero attached hydrogens (tertiary/aromatic N) is 2. The van der Waals surface area contributed by atoms with Crippen LogP contribution in [0, 0.1) is 5.92 Å². The quantitative estimate of drug-likeness (QED) is 0.799. The van der Waals surface area contributed by atoms with Crippen LogP contribution >= 0.6 is 0 Å². The van der Waals surface area contributed by atoms with Gasteiger partial charge in [-0.3, -0.25) is 14.6 Å². The Bertz CT molecular complexity index is 478. The summed E-state index contributed by atoms with van der Waals surface area (Å²) in [5, 5.41) is 11.5. The van der Waals surface area contributed by atoms with E-state index in [-0.39, 0.29) is 12.5 Å². The molecule has 0 bridgehead atoms. The van der Waals surface area contributed by atoms with E-state index in [4.69, 9.17) is 5.11 Å². The lowest BCUT2D eigenvalue weighted by atomic mass is 9.97. The molecule has 6 heteroatoms. The third-order valence-electron chi connectivity index (χ3n) is 3.64. The minimum absolute atomic E-state index is 0.0294. The maximum atomic E-state index is 12.3. The number of carboxylic acids is 1. The Balaban J connectivity index is 1.80. The van der Waals surface area contributed by atoms with Gasteiger partial charge in [0, 0.05) is 31.5 Å². The Labute approximate surface area is 124 Å². The predicted octanol–water partition coefficient (Wildman–Crippen LogP) is 0.537. The molecule has 2 heterocycles. The zero-order chi connectivity index (χ0) is 15.1. The van der Waals surface area contributed by atoms with Crippen LogP contribution in [0.25, 0.3) is 0 Å². The number of carbonyl (C=O) groups is 2. The summed E-state index contributed by atoms with van der Waals surface area (Å²) in [5.41, 5.74) is 0.786. The standard InChI is InChI=1S/C15H21N3O3/c19-14(8-13-5-1-2-6-17-13)18-7-3-4-12(11-18)9-16-10-15(20)21/h1-2,5-6,12,16H,3-4,7-11H2,(H,20,21). The summed E-state index contributed by atoms with van der Waals surface area (Å²) < 4.78 is 0. The minimum Gasteiger partial charge on any atom is -0.480 e. The van der Waals surface area contributed by atoms with E-state index in [9.17, 15) is 9.59 Å². The summed E-state index contributed by atoms with van der Waals surface area (Å²) in [7, 11) is 0. The van der Waals surface area contributed by atoms with Crippen LogP contribution in [0.4, 0.5) is 0 Å². The van der Waals surface area contributed by atoms with Gasteiger partial charge in [0.1, 0.15) is 0 Å². The van der Waals surface area contributed by atoms with Crippen molar-refractivity contribution in [3.05, 3.63) is 30.1 Å². The molecule has 1 atom stereocenters. The Morgan fingerprint density at radius 3 is 3.00 bits per heavy atom. The molecule has 114 valence electrons. The number of hydrogen-bond acceptors (Lipinski definition) is 4. The second-order valence-electron chi connectivity index (χ2n) is 5.37. The predicted molar refractivity (Wildman–Crippen MR) is 77.8 cm³/mol. The molecule has 6 nitrogen and oxygen atoms in total. The number of piperidine rings is 1. The molecule has 21 heavy (non-hydrogen) atoms. The van der Waals surface area contributed by atoms with E-state index in [0.717, 1.165) is 25.1 Å². The van der Waals surface area contributed by atoms with Crippen LogP contribution in [0.1, 0.15) is 18.5 Å². The molecule has 1 amide bonds. The average Bonchev–Trinajstić information content (AvgIpc) is 2.48. The van der Waals surface area contributed by atoms with E-state index in [1.165, 1.54) is 0 Å². The summed E-state index contributed by atoms with van der Waals surface area (Å²) in [4.78, 5) is 28.8. The number of amides is 1. The number of aromatic nitrogens is 1.